The molecule has 2 atom stereocenters. The number of rotatable bonds is 12. The number of carbonyl (C=O) groups is 2. The lowest BCUT2D eigenvalue weighted by atomic mass is 9.87. The topological polar surface area (TPSA) is 81.2 Å². The Bertz CT molecular complexity index is 1450. The van der Waals surface area contributed by atoms with Crippen molar-refractivity contribution in [1.82, 2.24) is 4.98 Å². The largest absolute Gasteiger partial charge is 0.497 e. The second-order valence-corrected chi connectivity index (χ2v) is 13.6. The maximum atomic E-state index is 14.2. The average molecular weight is 614 g/mol. The van der Waals surface area contributed by atoms with Crippen LogP contribution in [0.3, 0.4) is 0 Å². The van der Waals surface area contributed by atoms with E-state index in [2.05, 4.69) is 37.6 Å². The minimum atomic E-state index is -0.121. The predicted octanol–water partition coefficient (Wildman–Crippen LogP) is 6.96. The van der Waals surface area contributed by atoms with E-state index in [0.717, 1.165) is 55.1 Å². The van der Waals surface area contributed by atoms with Crippen molar-refractivity contribution in [1.29, 1.82) is 0 Å². The highest BCUT2D eigenvalue weighted by Crippen LogP contribution is 2.34. The standard InChI is InChI=1S/C37H47N3O5/c1-26-23-39(20-18-28(26)24-44-31-10-8-9-27(21-31)12-17-35(41)45-29-13-14-29)33-22-30(43-5)15-16-32(33)36(42)40(25-37(2,3)4)34-11-6-7-19-38-34/h6-11,15-16,19,21-22,26,28-29H,12-14,17-18,20,23-25H2,1-5H3/t26-,28?/m1/s1. The van der Waals surface area contributed by atoms with Gasteiger partial charge in [-0.15, -0.1) is 0 Å². The fourth-order valence-corrected chi connectivity index (χ4v) is 5.80. The summed E-state index contributed by atoms with van der Waals surface area (Å²) in [6.07, 6.45) is 5.83. The third-order valence-electron chi connectivity index (χ3n) is 8.47. The van der Waals surface area contributed by atoms with E-state index in [1.165, 1.54) is 0 Å². The quantitative estimate of drug-likeness (QED) is 0.204. The Labute approximate surface area is 267 Å². The van der Waals surface area contributed by atoms with E-state index >= 15 is 0 Å². The Kier molecular flexibility index (Phi) is 10.3. The molecule has 2 aromatic carbocycles. The van der Waals surface area contributed by atoms with Crippen LogP contribution >= 0.6 is 0 Å². The minimum absolute atomic E-state index is 0.0694. The molecule has 8 nitrogen and oxygen atoms in total. The van der Waals surface area contributed by atoms with Crippen LogP contribution in [0.15, 0.2) is 66.9 Å². The van der Waals surface area contributed by atoms with Crippen molar-refractivity contribution in [2.24, 2.45) is 17.3 Å². The summed E-state index contributed by atoms with van der Waals surface area (Å²) < 4.78 is 17.2. The van der Waals surface area contributed by atoms with Gasteiger partial charge in [-0.3, -0.25) is 14.5 Å². The molecule has 1 aromatic heterocycles. The molecule has 240 valence electrons. The molecule has 0 bridgehead atoms. The normalized spacial score (nSPS) is 18.3. The first-order valence-corrected chi connectivity index (χ1v) is 16.2. The Morgan fingerprint density at radius 3 is 2.51 bits per heavy atom. The number of methoxy groups -OCH3 is 1. The molecule has 1 aliphatic heterocycles. The zero-order valence-corrected chi connectivity index (χ0v) is 27.3. The van der Waals surface area contributed by atoms with Crippen molar-refractivity contribution < 1.29 is 23.8 Å². The van der Waals surface area contributed by atoms with Gasteiger partial charge in [-0.25, -0.2) is 4.98 Å². The predicted molar refractivity (Wildman–Crippen MR) is 177 cm³/mol. The van der Waals surface area contributed by atoms with Crippen molar-refractivity contribution >= 4 is 23.4 Å². The molecule has 45 heavy (non-hydrogen) atoms. The number of hydrogen-bond acceptors (Lipinski definition) is 7. The van der Waals surface area contributed by atoms with Crippen LogP contribution in [-0.2, 0) is 16.0 Å². The average Bonchev–Trinajstić information content (AvgIpc) is 3.85. The van der Waals surface area contributed by atoms with Gasteiger partial charge in [0.15, 0.2) is 0 Å². The van der Waals surface area contributed by atoms with Gasteiger partial charge in [0.25, 0.3) is 5.91 Å². The van der Waals surface area contributed by atoms with Crippen LogP contribution in [0.2, 0.25) is 0 Å². The van der Waals surface area contributed by atoms with Crippen molar-refractivity contribution in [2.45, 2.75) is 65.9 Å². The van der Waals surface area contributed by atoms with Gasteiger partial charge in [-0.2, -0.15) is 0 Å². The SMILES string of the molecule is COc1ccc(C(=O)N(CC(C)(C)C)c2ccccn2)c(N2CCC(COc3cccc(CCC(=O)OC4CC4)c3)[C@H](C)C2)c1. The first kappa shape index (κ1) is 32.3. The second kappa shape index (κ2) is 14.4. The number of benzene rings is 2. The number of aryl methyl sites for hydroxylation is 1. The number of carbonyl (C=O) groups excluding carboxylic acids is 2. The molecular formula is C37H47N3O5. The summed E-state index contributed by atoms with van der Waals surface area (Å²) in [6, 6.07) is 19.4. The van der Waals surface area contributed by atoms with Crippen LogP contribution in [0.5, 0.6) is 11.5 Å². The summed E-state index contributed by atoms with van der Waals surface area (Å²) in [5.74, 6) is 2.71. The van der Waals surface area contributed by atoms with Gasteiger partial charge in [-0.1, -0.05) is 45.9 Å². The van der Waals surface area contributed by atoms with E-state index < -0.39 is 0 Å². The van der Waals surface area contributed by atoms with Gasteiger partial charge < -0.3 is 19.1 Å². The molecule has 1 saturated carbocycles. The lowest BCUT2D eigenvalue weighted by Gasteiger charge is -2.39. The number of piperidine rings is 1. The summed E-state index contributed by atoms with van der Waals surface area (Å²) in [4.78, 5) is 34.9. The third-order valence-corrected chi connectivity index (χ3v) is 8.47. The summed E-state index contributed by atoms with van der Waals surface area (Å²) >= 11 is 0. The van der Waals surface area contributed by atoms with E-state index in [9.17, 15) is 9.59 Å². The summed E-state index contributed by atoms with van der Waals surface area (Å²) in [5.41, 5.74) is 2.48. The zero-order chi connectivity index (χ0) is 32.0. The van der Waals surface area contributed by atoms with Gasteiger partial charge in [0.2, 0.25) is 0 Å². The van der Waals surface area contributed by atoms with Gasteiger partial charge in [0.1, 0.15) is 23.4 Å². The molecule has 1 amide bonds. The molecule has 1 unspecified atom stereocenters. The van der Waals surface area contributed by atoms with Gasteiger partial charge in [-0.05, 0) is 84.9 Å². The zero-order valence-electron chi connectivity index (χ0n) is 27.3. The van der Waals surface area contributed by atoms with E-state index in [-0.39, 0.29) is 23.4 Å². The maximum Gasteiger partial charge on any atom is 0.306 e. The molecule has 8 heteroatoms. The van der Waals surface area contributed by atoms with Crippen LogP contribution in [0.1, 0.15) is 69.3 Å². The highest BCUT2D eigenvalue weighted by atomic mass is 16.5. The Balaban J connectivity index is 1.25. The smallest absolute Gasteiger partial charge is 0.306 e. The lowest BCUT2D eigenvalue weighted by molar-refractivity contribution is -0.144. The number of anilines is 2. The molecule has 2 aliphatic rings. The molecular weight excluding hydrogens is 566 g/mol. The van der Waals surface area contributed by atoms with Crippen LogP contribution in [-0.4, -0.2) is 56.3 Å². The summed E-state index contributed by atoms with van der Waals surface area (Å²) in [6.45, 7) is 11.4. The highest BCUT2D eigenvalue weighted by Gasteiger charge is 2.32. The fraction of sp³-hybridized carbons (Fsp3) is 0.486. The van der Waals surface area contributed by atoms with Crippen molar-refractivity contribution in [3.05, 3.63) is 78.0 Å². The summed E-state index contributed by atoms with van der Waals surface area (Å²) in [7, 11) is 1.65. The summed E-state index contributed by atoms with van der Waals surface area (Å²) in [5, 5.41) is 0. The first-order chi connectivity index (χ1) is 21.6. The number of amides is 1. The Hall–Kier alpha value is -4.07. The molecule has 1 saturated heterocycles. The number of aromatic nitrogens is 1. The molecule has 1 aliphatic carbocycles. The second-order valence-electron chi connectivity index (χ2n) is 13.6. The Morgan fingerprint density at radius 2 is 1.82 bits per heavy atom. The van der Waals surface area contributed by atoms with E-state index in [1.807, 2.05) is 60.7 Å². The van der Waals surface area contributed by atoms with Crippen molar-refractivity contribution in [3.8, 4) is 11.5 Å². The van der Waals surface area contributed by atoms with Crippen molar-refractivity contribution in [3.63, 3.8) is 0 Å². The van der Waals surface area contributed by atoms with E-state index in [1.54, 1.807) is 18.2 Å². The highest BCUT2D eigenvalue weighted by molar-refractivity contribution is 6.09. The monoisotopic (exact) mass is 613 g/mol. The van der Waals surface area contributed by atoms with Crippen LogP contribution < -0.4 is 19.3 Å². The maximum absolute atomic E-state index is 14.2. The van der Waals surface area contributed by atoms with Crippen LogP contribution in [0.25, 0.3) is 0 Å². The van der Waals surface area contributed by atoms with Gasteiger partial charge in [0.05, 0.1) is 25.0 Å². The van der Waals surface area contributed by atoms with Crippen LogP contribution in [0, 0.1) is 17.3 Å². The van der Waals surface area contributed by atoms with Crippen molar-refractivity contribution in [2.75, 3.05) is 43.2 Å². The first-order valence-electron chi connectivity index (χ1n) is 16.2. The number of nitrogens with zero attached hydrogens (tertiary/aromatic N) is 3. The number of ether oxygens (including phenoxy) is 3. The fourth-order valence-electron chi connectivity index (χ4n) is 5.80. The third kappa shape index (κ3) is 8.99. The minimum Gasteiger partial charge on any atom is -0.497 e. The molecule has 2 fully saturated rings. The molecule has 3 aromatic rings. The number of pyridine rings is 1. The number of hydrogen-bond donors (Lipinski definition) is 0. The lowest BCUT2D eigenvalue weighted by Crippen LogP contribution is -2.43. The molecule has 5 rings (SSSR count). The van der Waals surface area contributed by atoms with Crippen LogP contribution in [0.4, 0.5) is 11.5 Å². The Morgan fingerprint density at radius 1 is 1.00 bits per heavy atom. The molecule has 0 spiro atoms. The number of esters is 1. The van der Waals surface area contributed by atoms with E-state index in [0.29, 0.717) is 49.2 Å². The molecule has 0 N–H and O–H groups in total. The molecule has 0 radical (unpaired) electrons. The van der Waals surface area contributed by atoms with Gasteiger partial charge in [0, 0.05) is 38.3 Å². The van der Waals surface area contributed by atoms with E-state index in [4.69, 9.17) is 14.2 Å². The van der Waals surface area contributed by atoms with Gasteiger partial charge >= 0.3 is 5.97 Å². The molecule has 2 heterocycles.